The van der Waals surface area contributed by atoms with Crippen molar-refractivity contribution >= 4 is 34.5 Å². The Morgan fingerprint density at radius 1 is 1.47 bits per heavy atom. The van der Waals surface area contributed by atoms with E-state index in [4.69, 9.17) is 4.74 Å². The van der Waals surface area contributed by atoms with Crippen molar-refractivity contribution in [3.8, 4) is 0 Å². The molecule has 1 amide bonds. The molecule has 0 aromatic carbocycles. The van der Waals surface area contributed by atoms with Gasteiger partial charge >= 0.3 is 6.09 Å². The molecule has 1 aliphatic rings. The molecular weight excluding hydrogens is 363 g/mol. The molecular formula is C11H15IN4O3. The van der Waals surface area contributed by atoms with Gasteiger partial charge in [0.1, 0.15) is 9.39 Å². The van der Waals surface area contributed by atoms with Crippen molar-refractivity contribution in [3.05, 3.63) is 20.3 Å². The normalized spacial score (nSPS) is 15.5. The molecule has 0 atom stereocenters. The van der Waals surface area contributed by atoms with E-state index in [2.05, 4.69) is 9.97 Å². The van der Waals surface area contributed by atoms with Gasteiger partial charge in [-0.1, -0.05) is 0 Å². The van der Waals surface area contributed by atoms with E-state index in [1.807, 2.05) is 27.5 Å². The summed E-state index contributed by atoms with van der Waals surface area (Å²) in [6, 6.07) is 0. The molecule has 0 radical (unpaired) electrons. The minimum atomic E-state index is -0.282. The number of aromatic amines is 1. The summed E-state index contributed by atoms with van der Waals surface area (Å²) in [5, 5.41) is 0. The molecule has 2 heterocycles. The number of rotatable bonds is 2. The third-order valence-electron chi connectivity index (χ3n) is 2.88. The Balaban J connectivity index is 2.02. The molecule has 2 rings (SSSR count). The van der Waals surface area contributed by atoms with Crippen LogP contribution in [-0.2, 0) is 4.74 Å². The van der Waals surface area contributed by atoms with Gasteiger partial charge in [0.25, 0.3) is 5.56 Å². The molecule has 0 spiro atoms. The molecule has 1 aromatic rings. The molecule has 0 bridgehead atoms. The van der Waals surface area contributed by atoms with E-state index in [1.165, 1.54) is 6.33 Å². The Kier molecular flexibility index (Phi) is 4.61. The van der Waals surface area contributed by atoms with E-state index in [0.717, 1.165) is 0 Å². The van der Waals surface area contributed by atoms with Crippen LogP contribution in [0.15, 0.2) is 11.1 Å². The van der Waals surface area contributed by atoms with Gasteiger partial charge in [0.15, 0.2) is 0 Å². The number of nitrogens with one attached hydrogen (secondary N) is 1. The lowest BCUT2D eigenvalue weighted by molar-refractivity contribution is 0.105. The van der Waals surface area contributed by atoms with Crippen LogP contribution in [0.3, 0.4) is 0 Å². The Hall–Kier alpha value is -1.32. The van der Waals surface area contributed by atoms with Gasteiger partial charge in [0, 0.05) is 26.2 Å². The van der Waals surface area contributed by atoms with Gasteiger partial charge in [0.2, 0.25) is 0 Å². The lowest BCUT2D eigenvalue weighted by Gasteiger charge is -2.34. The third-order valence-corrected chi connectivity index (χ3v) is 3.86. The molecule has 1 saturated heterocycles. The summed E-state index contributed by atoms with van der Waals surface area (Å²) >= 11 is 1.99. The second-order valence-electron chi connectivity index (χ2n) is 4.04. The number of piperazine rings is 1. The van der Waals surface area contributed by atoms with Gasteiger partial charge in [-0.2, -0.15) is 0 Å². The Morgan fingerprint density at radius 2 is 2.16 bits per heavy atom. The third kappa shape index (κ3) is 3.17. The number of aromatic nitrogens is 2. The Bertz CT molecular complexity index is 511. The number of amides is 1. The van der Waals surface area contributed by atoms with Crippen molar-refractivity contribution < 1.29 is 9.53 Å². The lowest BCUT2D eigenvalue weighted by Crippen LogP contribution is -2.49. The summed E-state index contributed by atoms with van der Waals surface area (Å²) in [6.45, 7) is 4.60. The molecule has 1 aromatic heterocycles. The minimum absolute atomic E-state index is 0.140. The summed E-state index contributed by atoms with van der Waals surface area (Å²) < 4.78 is 5.54. The first-order chi connectivity index (χ1) is 9.13. The molecule has 1 aliphatic heterocycles. The molecule has 0 unspecified atom stereocenters. The van der Waals surface area contributed by atoms with Crippen LogP contribution in [0.4, 0.5) is 10.6 Å². The van der Waals surface area contributed by atoms with Crippen LogP contribution in [0.1, 0.15) is 6.92 Å². The van der Waals surface area contributed by atoms with Crippen LogP contribution < -0.4 is 10.5 Å². The predicted octanol–water partition coefficient (Wildman–Crippen LogP) is 0.653. The first-order valence-electron chi connectivity index (χ1n) is 6.03. The number of halogens is 1. The summed E-state index contributed by atoms with van der Waals surface area (Å²) in [7, 11) is 0. The van der Waals surface area contributed by atoms with E-state index in [1.54, 1.807) is 11.8 Å². The van der Waals surface area contributed by atoms with Crippen LogP contribution >= 0.6 is 22.6 Å². The maximum Gasteiger partial charge on any atom is 0.409 e. The zero-order valence-corrected chi connectivity index (χ0v) is 12.7. The summed E-state index contributed by atoms with van der Waals surface area (Å²) in [5.74, 6) is 0.674. The molecule has 19 heavy (non-hydrogen) atoms. The maximum absolute atomic E-state index is 11.6. The smallest absolute Gasteiger partial charge is 0.409 e. The van der Waals surface area contributed by atoms with Crippen molar-refractivity contribution in [1.29, 1.82) is 0 Å². The predicted molar refractivity (Wildman–Crippen MR) is 78.4 cm³/mol. The average molecular weight is 378 g/mol. The van der Waals surface area contributed by atoms with Crippen LogP contribution in [0.25, 0.3) is 0 Å². The van der Waals surface area contributed by atoms with Crippen molar-refractivity contribution in [3.63, 3.8) is 0 Å². The quantitative estimate of drug-likeness (QED) is 0.765. The standard InChI is InChI=1S/C11H15IN4O3/c1-2-19-11(18)16-5-3-15(4-6-16)9-8(12)10(17)14-7-13-9/h7H,2-6H2,1H3,(H,13,14,17). The number of H-pyrrole nitrogens is 1. The number of ether oxygens (including phenoxy) is 1. The largest absolute Gasteiger partial charge is 0.450 e. The minimum Gasteiger partial charge on any atom is -0.450 e. The molecule has 1 N–H and O–H groups in total. The van der Waals surface area contributed by atoms with E-state index in [0.29, 0.717) is 42.2 Å². The molecule has 0 saturated carbocycles. The van der Waals surface area contributed by atoms with Gasteiger partial charge in [-0.3, -0.25) is 4.79 Å². The number of hydrogen-bond acceptors (Lipinski definition) is 5. The van der Waals surface area contributed by atoms with E-state index < -0.39 is 0 Å². The Morgan fingerprint density at radius 3 is 2.79 bits per heavy atom. The second-order valence-corrected chi connectivity index (χ2v) is 5.12. The fraction of sp³-hybridized carbons (Fsp3) is 0.545. The maximum atomic E-state index is 11.6. The van der Waals surface area contributed by atoms with Crippen molar-refractivity contribution in [1.82, 2.24) is 14.9 Å². The number of hydrogen-bond donors (Lipinski definition) is 1. The van der Waals surface area contributed by atoms with Gasteiger partial charge < -0.3 is 19.5 Å². The van der Waals surface area contributed by atoms with Gasteiger partial charge in [-0.25, -0.2) is 9.78 Å². The SMILES string of the molecule is CCOC(=O)N1CCN(c2nc[nH]c(=O)c2I)CC1. The van der Waals surface area contributed by atoms with Crippen molar-refractivity contribution in [2.24, 2.45) is 0 Å². The highest BCUT2D eigenvalue weighted by Gasteiger charge is 2.24. The number of anilines is 1. The highest BCUT2D eigenvalue weighted by atomic mass is 127. The van der Waals surface area contributed by atoms with Gasteiger partial charge in [-0.05, 0) is 29.5 Å². The number of nitrogens with zero attached hydrogens (tertiary/aromatic N) is 3. The molecule has 8 heteroatoms. The van der Waals surface area contributed by atoms with E-state index >= 15 is 0 Å². The average Bonchev–Trinajstić information content (AvgIpc) is 2.42. The topological polar surface area (TPSA) is 78.5 Å². The molecule has 104 valence electrons. The summed E-state index contributed by atoms with van der Waals surface area (Å²) in [6.07, 6.45) is 1.12. The van der Waals surface area contributed by atoms with Crippen LogP contribution in [-0.4, -0.2) is 53.7 Å². The first kappa shape index (κ1) is 14.1. The van der Waals surface area contributed by atoms with Gasteiger partial charge in [-0.15, -0.1) is 0 Å². The zero-order chi connectivity index (χ0) is 13.8. The zero-order valence-electron chi connectivity index (χ0n) is 10.6. The van der Waals surface area contributed by atoms with Crippen molar-refractivity contribution in [2.45, 2.75) is 6.92 Å². The lowest BCUT2D eigenvalue weighted by atomic mass is 10.3. The highest BCUT2D eigenvalue weighted by Crippen LogP contribution is 2.17. The Labute approximate surface area is 124 Å². The van der Waals surface area contributed by atoms with Gasteiger partial charge in [0.05, 0.1) is 12.9 Å². The van der Waals surface area contributed by atoms with E-state index in [-0.39, 0.29) is 11.7 Å². The molecule has 0 aliphatic carbocycles. The summed E-state index contributed by atoms with van der Waals surface area (Å²) in [4.78, 5) is 33.5. The fourth-order valence-corrected chi connectivity index (χ4v) is 2.55. The highest BCUT2D eigenvalue weighted by molar-refractivity contribution is 14.1. The second kappa shape index (κ2) is 6.22. The van der Waals surface area contributed by atoms with Crippen LogP contribution in [0.2, 0.25) is 0 Å². The van der Waals surface area contributed by atoms with E-state index in [9.17, 15) is 9.59 Å². The van der Waals surface area contributed by atoms with Crippen LogP contribution in [0.5, 0.6) is 0 Å². The fourth-order valence-electron chi connectivity index (χ4n) is 1.91. The first-order valence-corrected chi connectivity index (χ1v) is 7.11. The van der Waals surface area contributed by atoms with Crippen LogP contribution in [0, 0.1) is 3.57 Å². The molecule has 7 nitrogen and oxygen atoms in total. The number of carbonyl (C=O) groups is 1. The monoisotopic (exact) mass is 378 g/mol. The summed E-state index contributed by atoms with van der Waals surface area (Å²) in [5.41, 5.74) is -0.140. The number of carbonyl (C=O) groups excluding carboxylic acids is 1. The molecule has 1 fully saturated rings. The van der Waals surface area contributed by atoms with Crippen molar-refractivity contribution in [2.75, 3.05) is 37.7 Å².